The van der Waals surface area contributed by atoms with Gasteiger partial charge in [0.05, 0.1) is 21.3 Å². The molecular weight excluding hydrogens is 442 g/mol. The Morgan fingerprint density at radius 1 is 1.09 bits per heavy atom. The normalized spacial score (nSPS) is 19.1. The number of anilines is 2. The molecule has 0 spiro atoms. The molecule has 7 nitrogen and oxygen atoms in total. The second-order valence-electron chi connectivity index (χ2n) is 9.20. The van der Waals surface area contributed by atoms with Crippen molar-refractivity contribution in [2.45, 2.75) is 32.7 Å². The van der Waals surface area contributed by atoms with Crippen LogP contribution in [-0.2, 0) is 4.79 Å². The van der Waals surface area contributed by atoms with Crippen LogP contribution in [0, 0.1) is 15.5 Å². The van der Waals surface area contributed by atoms with Crippen LogP contribution < -0.4 is 10.6 Å². The summed E-state index contributed by atoms with van der Waals surface area (Å²) in [5.74, 6) is 1.12. The zero-order valence-corrected chi connectivity index (χ0v) is 18.9. The van der Waals surface area contributed by atoms with Crippen molar-refractivity contribution in [3.63, 3.8) is 0 Å². The Kier molecular flexibility index (Phi) is 5.01. The molecule has 1 aliphatic heterocycles. The predicted octanol–water partition coefficient (Wildman–Crippen LogP) is 6.73. The third kappa shape index (κ3) is 3.89. The van der Waals surface area contributed by atoms with Crippen molar-refractivity contribution in [2.75, 3.05) is 10.6 Å². The number of fused-ring (bicyclic) bond motifs is 1. The maximum Gasteiger partial charge on any atom is 0.270 e. The lowest BCUT2D eigenvalue weighted by atomic mass is 9.74. The molecule has 2 heterocycles. The molecular formula is C25H22ClN3O4. The lowest BCUT2D eigenvalue weighted by Gasteiger charge is -2.33. The molecule has 3 aromatic rings. The molecule has 8 heteroatoms. The number of furan rings is 1. The second-order valence-corrected chi connectivity index (χ2v) is 9.61. The van der Waals surface area contributed by atoms with E-state index < -0.39 is 11.0 Å². The van der Waals surface area contributed by atoms with Crippen molar-refractivity contribution in [3.8, 4) is 11.3 Å². The second kappa shape index (κ2) is 7.78. The summed E-state index contributed by atoms with van der Waals surface area (Å²) in [4.78, 5) is 23.8. The fraction of sp³-hybridized carbons (Fsp3) is 0.240. The first-order chi connectivity index (χ1) is 15.7. The van der Waals surface area contributed by atoms with E-state index in [1.165, 1.54) is 12.1 Å². The van der Waals surface area contributed by atoms with Crippen LogP contribution in [0.3, 0.4) is 0 Å². The Labute approximate surface area is 195 Å². The maximum absolute atomic E-state index is 13.3. The van der Waals surface area contributed by atoms with Crippen LogP contribution in [0.2, 0.25) is 5.02 Å². The monoisotopic (exact) mass is 463 g/mol. The minimum atomic E-state index is -0.493. The van der Waals surface area contributed by atoms with Gasteiger partial charge >= 0.3 is 0 Å². The van der Waals surface area contributed by atoms with Crippen molar-refractivity contribution >= 4 is 34.4 Å². The highest BCUT2D eigenvalue weighted by Crippen LogP contribution is 2.46. The average molecular weight is 464 g/mol. The van der Waals surface area contributed by atoms with Crippen LogP contribution >= 0.6 is 11.6 Å². The first kappa shape index (κ1) is 21.3. The zero-order valence-electron chi connectivity index (χ0n) is 18.1. The number of benzene rings is 2. The number of non-ortho nitro benzene ring substituents is 1. The summed E-state index contributed by atoms with van der Waals surface area (Å²) in [6.45, 7) is 4.19. The minimum absolute atomic E-state index is 0.0744. The Hall–Kier alpha value is -3.58. The van der Waals surface area contributed by atoms with Gasteiger partial charge in [-0.2, -0.15) is 0 Å². The number of ketones is 1. The summed E-state index contributed by atoms with van der Waals surface area (Å²) in [5, 5.41) is 18.2. The highest BCUT2D eigenvalue weighted by molar-refractivity contribution is 6.33. The topological polar surface area (TPSA) is 97.4 Å². The molecule has 2 aromatic carbocycles. The number of nitrogens with zero attached hydrogens (tertiary/aromatic N) is 1. The summed E-state index contributed by atoms with van der Waals surface area (Å²) < 4.78 is 6.18. The van der Waals surface area contributed by atoms with Gasteiger partial charge in [0.15, 0.2) is 5.78 Å². The standard InChI is InChI=1S/C25H22ClN3O4/c1-25(2)12-19-23(20(30)13-25)24(28-18-6-4-3-5-17(18)27-19)22-10-9-21(33-22)15-8-7-14(29(31)32)11-16(15)26/h3-11,24,27-28H,12-13H2,1-2H3/t24-/m0/s1. The van der Waals surface area contributed by atoms with E-state index in [1.54, 1.807) is 12.1 Å². The van der Waals surface area contributed by atoms with E-state index in [1.807, 2.05) is 30.3 Å². The van der Waals surface area contributed by atoms with Crippen LogP contribution in [0.25, 0.3) is 11.3 Å². The van der Waals surface area contributed by atoms with Crippen LogP contribution in [-0.4, -0.2) is 10.7 Å². The van der Waals surface area contributed by atoms with Crippen LogP contribution in [0.5, 0.6) is 0 Å². The van der Waals surface area contributed by atoms with E-state index in [0.29, 0.717) is 29.1 Å². The van der Waals surface area contributed by atoms with E-state index in [0.717, 1.165) is 23.5 Å². The number of halogens is 1. The summed E-state index contributed by atoms with van der Waals surface area (Å²) in [7, 11) is 0. The number of carbonyl (C=O) groups excluding carboxylic acids is 1. The molecule has 0 bridgehead atoms. The molecule has 0 saturated heterocycles. The number of Topliss-reactive ketones (excluding diaryl/α,β-unsaturated/α-hetero) is 1. The van der Waals surface area contributed by atoms with Crippen molar-refractivity contribution in [2.24, 2.45) is 5.41 Å². The number of para-hydroxylation sites is 2. The van der Waals surface area contributed by atoms with E-state index in [4.69, 9.17) is 16.0 Å². The lowest BCUT2D eigenvalue weighted by molar-refractivity contribution is -0.384. The first-order valence-electron chi connectivity index (χ1n) is 10.6. The van der Waals surface area contributed by atoms with E-state index in [9.17, 15) is 14.9 Å². The summed E-state index contributed by atoms with van der Waals surface area (Å²) in [5.41, 5.74) is 3.65. The van der Waals surface area contributed by atoms with Crippen molar-refractivity contribution < 1.29 is 14.1 Å². The van der Waals surface area contributed by atoms with Crippen LogP contribution in [0.1, 0.15) is 38.5 Å². The van der Waals surface area contributed by atoms with Gasteiger partial charge in [-0.1, -0.05) is 37.6 Å². The van der Waals surface area contributed by atoms with Gasteiger partial charge in [0.25, 0.3) is 5.69 Å². The third-order valence-corrected chi connectivity index (χ3v) is 6.37. The van der Waals surface area contributed by atoms with Crippen LogP contribution in [0.4, 0.5) is 17.1 Å². The number of nitro benzene ring substituents is 1. The van der Waals surface area contributed by atoms with Crippen LogP contribution in [0.15, 0.2) is 70.3 Å². The molecule has 0 amide bonds. The number of nitro groups is 1. The van der Waals surface area contributed by atoms with E-state index >= 15 is 0 Å². The Balaban J connectivity index is 1.59. The van der Waals surface area contributed by atoms with Gasteiger partial charge in [0, 0.05) is 35.4 Å². The zero-order chi connectivity index (χ0) is 23.3. The van der Waals surface area contributed by atoms with E-state index in [2.05, 4.69) is 24.5 Å². The molecule has 1 aliphatic carbocycles. The van der Waals surface area contributed by atoms with Gasteiger partial charge < -0.3 is 15.1 Å². The number of allylic oxidation sites excluding steroid dienone is 1. The van der Waals surface area contributed by atoms with Gasteiger partial charge in [-0.3, -0.25) is 14.9 Å². The molecule has 0 radical (unpaired) electrons. The minimum Gasteiger partial charge on any atom is -0.458 e. The van der Waals surface area contributed by atoms with Gasteiger partial charge in [-0.05, 0) is 42.2 Å². The quantitative estimate of drug-likeness (QED) is 0.330. The van der Waals surface area contributed by atoms with Gasteiger partial charge in [-0.15, -0.1) is 0 Å². The van der Waals surface area contributed by atoms with Gasteiger partial charge in [-0.25, -0.2) is 0 Å². The predicted molar refractivity (Wildman–Crippen MR) is 127 cm³/mol. The number of carbonyl (C=O) groups is 1. The number of hydrogen-bond acceptors (Lipinski definition) is 6. The molecule has 0 saturated carbocycles. The van der Waals surface area contributed by atoms with Gasteiger partial charge in [0.2, 0.25) is 0 Å². The Morgan fingerprint density at radius 2 is 1.85 bits per heavy atom. The molecule has 5 rings (SSSR count). The van der Waals surface area contributed by atoms with Crippen molar-refractivity contribution in [1.29, 1.82) is 0 Å². The van der Waals surface area contributed by atoms with Crippen molar-refractivity contribution in [1.82, 2.24) is 0 Å². The molecule has 2 aliphatic rings. The average Bonchev–Trinajstić information content (AvgIpc) is 3.16. The number of hydrogen-bond donors (Lipinski definition) is 2. The fourth-order valence-corrected chi connectivity index (χ4v) is 4.84. The highest BCUT2D eigenvalue weighted by Gasteiger charge is 2.39. The third-order valence-electron chi connectivity index (χ3n) is 6.06. The van der Waals surface area contributed by atoms with Crippen molar-refractivity contribution in [3.05, 3.63) is 86.8 Å². The molecule has 168 valence electrons. The Morgan fingerprint density at radius 3 is 2.58 bits per heavy atom. The molecule has 0 unspecified atom stereocenters. The number of rotatable bonds is 3. The molecule has 0 fully saturated rings. The lowest BCUT2D eigenvalue weighted by Crippen LogP contribution is -2.31. The molecule has 1 atom stereocenters. The maximum atomic E-state index is 13.3. The highest BCUT2D eigenvalue weighted by atomic mass is 35.5. The first-order valence-corrected chi connectivity index (χ1v) is 11.0. The Bertz CT molecular complexity index is 1320. The van der Waals surface area contributed by atoms with Gasteiger partial charge in [0.1, 0.15) is 17.6 Å². The summed E-state index contributed by atoms with van der Waals surface area (Å²) in [6, 6.07) is 15.2. The number of nitrogens with one attached hydrogen (secondary N) is 2. The summed E-state index contributed by atoms with van der Waals surface area (Å²) in [6.07, 6.45) is 1.19. The fourth-order valence-electron chi connectivity index (χ4n) is 4.57. The molecule has 33 heavy (non-hydrogen) atoms. The smallest absolute Gasteiger partial charge is 0.270 e. The largest absolute Gasteiger partial charge is 0.458 e. The molecule has 2 N–H and O–H groups in total. The van der Waals surface area contributed by atoms with E-state index in [-0.39, 0.29) is 21.9 Å². The SMILES string of the molecule is CC1(C)CC(=O)C2=C(C1)Nc1ccccc1N[C@H]2c1ccc(-c2ccc([N+](=O)[O-])cc2Cl)o1. The molecule has 1 aromatic heterocycles. The summed E-state index contributed by atoms with van der Waals surface area (Å²) >= 11 is 6.31.